The Bertz CT molecular complexity index is 374. The second-order valence-corrected chi connectivity index (χ2v) is 4.07. The Balaban J connectivity index is 2.68. The van der Waals surface area contributed by atoms with Gasteiger partial charge in [0.25, 0.3) is 0 Å². The van der Waals surface area contributed by atoms with Crippen LogP contribution in [0.3, 0.4) is 0 Å². The van der Waals surface area contributed by atoms with Gasteiger partial charge in [-0.25, -0.2) is 4.79 Å². The Morgan fingerprint density at radius 2 is 2.27 bits per heavy atom. The molecular weight excluding hydrogens is 218 g/mol. The van der Waals surface area contributed by atoms with Crippen LogP contribution in [-0.2, 0) is 16.0 Å². The highest BCUT2D eigenvalue weighted by Crippen LogP contribution is 2.18. The predicted octanol–water partition coefficient (Wildman–Crippen LogP) is 0.489. The number of nitrogens with two attached hydrogens (primary N) is 1. The third-order valence-electron chi connectivity index (χ3n) is 1.79. The van der Waals surface area contributed by atoms with Crippen LogP contribution in [0.2, 0.25) is 0 Å². The maximum absolute atomic E-state index is 11.1. The number of esters is 1. The first-order chi connectivity index (χ1) is 7.04. The van der Waals surface area contributed by atoms with Gasteiger partial charge < -0.3 is 15.6 Å². The molecule has 0 saturated carbocycles. The molecule has 0 amide bonds. The van der Waals surface area contributed by atoms with Gasteiger partial charge in [0.2, 0.25) is 0 Å². The van der Waals surface area contributed by atoms with Gasteiger partial charge in [0.15, 0.2) is 0 Å². The van der Waals surface area contributed by atoms with Gasteiger partial charge in [-0.05, 0) is 12.1 Å². The summed E-state index contributed by atoms with van der Waals surface area (Å²) in [5.74, 6) is -1.47. The first kappa shape index (κ1) is 11.7. The fourth-order valence-electron chi connectivity index (χ4n) is 1.00. The van der Waals surface area contributed by atoms with Crippen LogP contribution in [-0.4, -0.2) is 30.2 Å². The molecule has 1 atom stereocenters. The Morgan fingerprint density at radius 1 is 1.60 bits per heavy atom. The molecule has 1 rings (SSSR count). The largest absolute Gasteiger partial charge is 0.480 e. The number of carbonyl (C=O) groups excluding carboxylic acids is 1. The highest BCUT2D eigenvalue weighted by atomic mass is 32.1. The average molecular weight is 229 g/mol. The second kappa shape index (κ2) is 4.90. The van der Waals surface area contributed by atoms with Crippen LogP contribution in [0.25, 0.3) is 0 Å². The van der Waals surface area contributed by atoms with Gasteiger partial charge in [0, 0.05) is 11.3 Å². The summed E-state index contributed by atoms with van der Waals surface area (Å²) in [6.45, 7) is 0. The zero-order chi connectivity index (χ0) is 11.4. The molecule has 1 aromatic heterocycles. The van der Waals surface area contributed by atoms with Crippen molar-refractivity contribution in [1.82, 2.24) is 0 Å². The van der Waals surface area contributed by atoms with E-state index in [2.05, 4.69) is 4.74 Å². The molecule has 0 spiro atoms. The van der Waals surface area contributed by atoms with Crippen molar-refractivity contribution in [2.24, 2.45) is 5.73 Å². The van der Waals surface area contributed by atoms with Crippen molar-refractivity contribution in [3.05, 3.63) is 21.9 Å². The van der Waals surface area contributed by atoms with Crippen molar-refractivity contribution in [2.75, 3.05) is 7.11 Å². The number of carboxylic acid groups (broad SMARTS) is 1. The van der Waals surface area contributed by atoms with Crippen LogP contribution in [0.5, 0.6) is 0 Å². The number of hydrogen-bond donors (Lipinski definition) is 2. The summed E-state index contributed by atoms with van der Waals surface area (Å²) in [6.07, 6.45) is 0.219. The lowest BCUT2D eigenvalue weighted by molar-refractivity contribution is -0.138. The number of carboxylic acids is 1. The Morgan fingerprint density at radius 3 is 2.80 bits per heavy atom. The third-order valence-corrected chi connectivity index (χ3v) is 2.87. The van der Waals surface area contributed by atoms with Crippen molar-refractivity contribution < 1.29 is 19.4 Å². The molecule has 0 aliphatic carbocycles. The Labute approximate surface area is 90.5 Å². The summed E-state index contributed by atoms with van der Waals surface area (Å²) < 4.78 is 4.53. The number of methoxy groups -OCH3 is 1. The summed E-state index contributed by atoms with van der Waals surface area (Å²) in [5, 5.41) is 8.59. The molecule has 0 aliphatic heterocycles. The summed E-state index contributed by atoms with van der Waals surface area (Å²) in [7, 11) is 1.30. The van der Waals surface area contributed by atoms with Crippen molar-refractivity contribution in [2.45, 2.75) is 12.5 Å². The summed E-state index contributed by atoms with van der Waals surface area (Å²) in [6, 6.07) is 2.34. The van der Waals surface area contributed by atoms with Gasteiger partial charge >= 0.3 is 11.9 Å². The average Bonchev–Trinajstić information content (AvgIpc) is 2.65. The quantitative estimate of drug-likeness (QED) is 0.733. The standard InChI is InChI=1S/C9H11NO4S/c1-14-9(13)7-3-2-5(15-7)4-6(10)8(11)12/h2-3,6H,4,10H2,1H3,(H,11,12). The molecule has 1 unspecified atom stereocenters. The molecule has 5 nitrogen and oxygen atoms in total. The van der Waals surface area contributed by atoms with E-state index in [-0.39, 0.29) is 6.42 Å². The van der Waals surface area contributed by atoms with Crippen LogP contribution < -0.4 is 5.73 Å². The lowest BCUT2D eigenvalue weighted by Crippen LogP contribution is -2.31. The van der Waals surface area contributed by atoms with Gasteiger partial charge in [0.1, 0.15) is 10.9 Å². The van der Waals surface area contributed by atoms with Gasteiger partial charge in [-0.1, -0.05) is 0 Å². The maximum Gasteiger partial charge on any atom is 0.348 e. The van der Waals surface area contributed by atoms with E-state index < -0.39 is 18.0 Å². The van der Waals surface area contributed by atoms with E-state index in [0.29, 0.717) is 4.88 Å². The Kier molecular flexibility index (Phi) is 3.81. The molecule has 15 heavy (non-hydrogen) atoms. The van der Waals surface area contributed by atoms with E-state index in [1.54, 1.807) is 12.1 Å². The monoisotopic (exact) mass is 229 g/mol. The summed E-state index contributed by atoms with van der Waals surface area (Å²) in [5.41, 5.74) is 5.36. The molecule has 1 aromatic rings. The topological polar surface area (TPSA) is 89.6 Å². The van der Waals surface area contributed by atoms with Gasteiger partial charge in [-0.2, -0.15) is 0 Å². The normalized spacial score (nSPS) is 12.1. The van der Waals surface area contributed by atoms with Crippen LogP contribution in [0, 0.1) is 0 Å². The van der Waals surface area contributed by atoms with E-state index in [0.717, 1.165) is 4.88 Å². The highest BCUT2D eigenvalue weighted by Gasteiger charge is 2.15. The van der Waals surface area contributed by atoms with E-state index in [4.69, 9.17) is 10.8 Å². The molecule has 3 N–H and O–H groups in total. The first-order valence-electron chi connectivity index (χ1n) is 4.20. The molecule has 6 heteroatoms. The third kappa shape index (κ3) is 3.03. The Hall–Kier alpha value is -1.40. The lowest BCUT2D eigenvalue weighted by Gasteiger charge is -2.02. The van der Waals surface area contributed by atoms with Crippen molar-refractivity contribution >= 4 is 23.3 Å². The fourth-order valence-corrected chi connectivity index (χ4v) is 1.99. The molecule has 0 saturated heterocycles. The van der Waals surface area contributed by atoms with E-state index in [9.17, 15) is 9.59 Å². The molecule has 0 bridgehead atoms. The number of rotatable bonds is 4. The number of thiophene rings is 1. The van der Waals surface area contributed by atoms with E-state index in [1.165, 1.54) is 18.4 Å². The second-order valence-electron chi connectivity index (χ2n) is 2.91. The van der Waals surface area contributed by atoms with Crippen molar-refractivity contribution in [1.29, 1.82) is 0 Å². The van der Waals surface area contributed by atoms with E-state index >= 15 is 0 Å². The number of ether oxygens (including phenoxy) is 1. The minimum absolute atomic E-state index is 0.219. The first-order valence-corrected chi connectivity index (χ1v) is 5.01. The van der Waals surface area contributed by atoms with Crippen LogP contribution in [0.1, 0.15) is 14.5 Å². The zero-order valence-electron chi connectivity index (χ0n) is 8.10. The molecule has 0 aliphatic rings. The molecule has 0 radical (unpaired) electrons. The van der Waals surface area contributed by atoms with Gasteiger partial charge in [-0.15, -0.1) is 11.3 Å². The number of aliphatic carboxylic acids is 1. The molecule has 0 fully saturated rings. The van der Waals surface area contributed by atoms with Crippen molar-refractivity contribution in [3.63, 3.8) is 0 Å². The van der Waals surface area contributed by atoms with Crippen LogP contribution in [0.4, 0.5) is 0 Å². The number of carbonyl (C=O) groups is 2. The smallest absolute Gasteiger partial charge is 0.348 e. The molecule has 1 heterocycles. The van der Waals surface area contributed by atoms with Crippen LogP contribution >= 0.6 is 11.3 Å². The molecule has 0 aromatic carbocycles. The molecule has 82 valence electrons. The lowest BCUT2D eigenvalue weighted by atomic mass is 10.2. The minimum atomic E-state index is -1.05. The van der Waals surface area contributed by atoms with E-state index in [1.807, 2.05) is 0 Å². The predicted molar refractivity (Wildman–Crippen MR) is 55.0 cm³/mol. The maximum atomic E-state index is 11.1. The highest BCUT2D eigenvalue weighted by molar-refractivity contribution is 7.13. The van der Waals surface area contributed by atoms with Gasteiger partial charge in [0.05, 0.1) is 7.11 Å². The molecular formula is C9H11NO4S. The fraction of sp³-hybridized carbons (Fsp3) is 0.333. The zero-order valence-corrected chi connectivity index (χ0v) is 8.91. The van der Waals surface area contributed by atoms with Crippen molar-refractivity contribution in [3.8, 4) is 0 Å². The summed E-state index contributed by atoms with van der Waals surface area (Å²) in [4.78, 5) is 22.8. The number of hydrogen-bond acceptors (Lipinski definition) is 5. The van der Waals surface area contributed by atoms with Gasteiger partial charge in [-0.3, -0.25) is 4.79 Å². The minimum Gasteiger partial charge on any atom is -0.480 e. The summed E-state index contributed by atoms with van der Waals surface area (Å²) >= 11 is 1.19. The SMILES string of the molecule is COC(=O)c1ccc(CC(N)C(=O)O)s1. The van der Waals surface area contributed by atoms with Crippen LogP contribution in [0.15, 0.2) is 12.1 Å².